The highest BCUT2D eigenvalue weighted by molar-refractivity contribution is 6.10. The van der Waals surface area contributed by atoms with Crippen LogP contribution in [0.1, 0.15) is 25.0 Å². The lowest BCUT2D eigenvalue weighted by Gasteiger charge is -2.20. The molecule has 0 amide bonds. The van der Waals surface area contributed by atoms with Gasteiger partial charge in [0.1, 0.15) is 0 Å². The molecule has 0 saturated carbocycles. The number of nitrogens with zero attached hydrogens (tertiary/aromatic N) is 2. The molecule has 5 nitrogen and oxygen atoms in total. The maximum Gasteiger partial charge on any atom is 0.269 e. The van der Waals surface area contributed by atoms with Gasteiger partial charge in [-0.05, 0) is 47.5 Å². The number of nitrogen functional groups attached to an aromatic ring is 1. The number of benzene rings is 2. The molecule has 0 aliphatic carbocycles. The first-order valence-electron chi connectivity index (χ1n) is 7.29. The standard InChI is InChI=1S/C18H17N3O2/c1-18(2)15-11-13(19)6-9-16(15)20-17(18)10-5-12-3-7-14(8-4-12)21(22)23/h3-11H,19H2,1-2H3. The summed E-state index contributed by atoms with van der Waals surface area (Å²) >= 11 is 0. The van der Waals surface area contributed by atoms with Crippen LogP contribution >= 0.6 is 0 Å². The minimum absolute atomic E-state index is 0.0866. The summed E-state index contributed by atoms with van der Waals surface area (Å²) in [7, 11) is 0. The molecular weight excluding hydrogens is 290 g/mol. The van der Waals surface area contributed by atoms with Crippen molar-refractivity contribution in [3.05, 3.63) is 69.8 Å². The number of allylic oxidation sites excluding steroid dienone is 1. The zero-order valence-electron chi connectivity index (χ0n) is 13.0. The Morgan fingerprint density at radius 1 is 1.13 bits per heavy atom. The Morgan fingerprint density at radius 2 is 1.83 bits per heavy atom. The molecule has 5 heteroatoms. The van der Waals surface area contributed by atoms with Crippen molar-refractivity contribution in [3.63, 3.8) is 0 Å². The average Bonchev–Trinajstić information content (AvgIpc) is 2.76. The van der Waals surface area contributed by atoms with E-state index in [0.717, 1.165) is 28.2 Å². The summed E-state index contributed by atoms with van der Waals surface area (Å²) in [5, 5.41) is 10.7. The van der Waals surface area contributed by atoms with E-state index in [-0.39, 0.29) is 11.1 Å². The second kappa shape index (κ2) is 5.35. The topological polar surface area (TPSA) is 81.5 Å². The largest absolute Gasteiger partial charge is 0.399 e. The molecule has 1 aliphatic rings. The van der Waals surface area contributed by atoms with E-state index in [0.29, 0.717) is 0 Å². The van der Waals surface area contributed by atoms with Gasteiger partial charge in [0, 0.05) is 23.2 Å². The lowest BCUT2D eigenvalue weighted by atomic mass is 9.81. The minimum Gasteiger partial charge on any atom is -0.399 e. The first-order chi connectivity index (χ1) is 10.9. The van der Waals surface area contributed by atoms with Crippen molar-refractivity contribution < 1.29 is 4.92 Å². The van der Waals surface area contributed by atoms with Gasteiger partial charge < -0.3 is 5.73 Å². The molecule has 116 valence electrons. The van der Waals surface area contributed by atoms with Gasteiger partial charge >= 0.3 is 0 Å². The van der Waals surface area contributed by atoms with Gasteiger partial charge in [0.25, 0.3) is 5.69 Å². The highest BCUT2D eigenvalue weighted by atomic mass is 16.6. The molecule has 0 atom stereocenters. The van der Waals surface area contributed by atoms with Crippen molar-refractivity contribution in [1.29, 1.82) is 0 Å². The van der Waals surface area contributed by atoms with Gasteiger partial charge in [-0.3, -0.25) is 15.1 Å². The Labute approximate surface area is 134 Å². The number of rotatable bonds is 3. The van der Waals surface area contributed by atoms with E-state index in [1.54, 1.807) is 12.1 Å². The van der Waals surface area contributed by atoms with E-state index in [4.69, 9.17) is 5.73 Å². The molecule has 0 spiro atoms. The van der Waals surface area contributed by atoms with Crippen LogP contribution in [0.2, 0.25) is 0 Å². The number of hydrogen-bond donors (Lipinski definition) is 1. The number of fused-ring (bicyclic) bond motifs is 1. The second-order valence-corrected chi connectivity index (χ2v) is 6.08. The molecule has 0 radical (unpaired) electrons. The molecule has 0 fully saturated rings. The Kier molecular flexibility index (Phi) is 3.48. The van der Waals surface area contributed by atoms with Crippen LogP contribution in [0.5, 0.6) is 0 Å². The smallest absolute Gasteiger partial charge is 0.269 e. The van der Waals surface area contributed by atoms with Crippen molar-refractivity contribution in [1.82, 2.24) is 0 Å². The molecule has 3 rings (SSSR count). The molecule has 2 aromatic carbocycles. The van der Waals surface area contributed by atoms with Gasteiger partial charge in [-0.25, -0.2) is 0 Å². The molecule has 0 aromatic heterocycles. The highest BCUT2D eigenvalue weighted by Crippen LogP contribution is 2.41. The molecule has 1 aliphatic heterocycles. The summed E-state index contributed by atoms with van der Waals surface area (Å²) in [5.74, 6) is 0. The van der Waals surface area contributed by atoms with Crippen molar-refractivity contribution in [3.8, 4) is 0 Å². The number of nitro groups is 1. The Balaban J connectivity index is 1.87. The molecular formula is C18H17N3O2. The van der Waals surface area contributed by atoms with Gasteiger partial charge in [-0.1, -0.05) is 19.9 Å². The molecule has 0 bridgehead atoms. The minimum atomic E-state index is -0.404. The summed E-state index contributed by atoms with van der Waals surface area (Å²) in [6.45, 7) is 4.22. The fourth-order valence-corrected chi connectivity index (χ4v) is 2.69. The van der Waals surface area contributed by atoms with Crippen LogP contribution in [0.25, 0.3) is 6.08 Å². The van der Waals surface area contributed by atoms with Gasteiger partial charge in [-0.2, -0.15) is 0 Å². The molecule has 1 heterocycles. The summed E-state index contributed by atoms with van der Waals surface area (Å²) in [6, 6.07) is 12.2. The molecule has 2 aromatic rings. The van der Waals surface area contributed by atoms with Crippen LogP contribution in [0.15, 0.2) is 53.5 Å². The monoisotopic (exact) mass is 307 g/mol. The maximum absolute atomic E-state index is 10.7. The van der Waals surface area contributed by atoms with Crippen molar-refractivity contribution in [2.75, 3.05) is 5.73 Å². The fourth-order valence-electron chi connectivity index (χ4n) is 2.69. The normalized spacial score (nSPS) is 15.5. The predicted octanol–water partition coefficient (Wildman–Crippen LogP) is 4.25. The number of nitro benzene ring substituents is 1. The first-order valence-corrected chi connectivity index (χ1v) is 7.29. The van der Waals surface area contributed by atoms with Crippen LogP contribution in [0, 0.1) is 10.1 Å². The van der Waals surface area contributed by atoms with E-state index < -0.39 is 4.92 Å². The maximum atomic E-state index is 10.7. The van der Waals surface area contributed by atoms with Gasteiger partial charge in [0.15, 0.2) is 0 Å². The summed E-state index contributed by atoms with van der Waals surface area (Å²) in [5.41, 5.74) is 10.4. The third-order valence-corrected chi connectivity index (χ3v) is 4.11. The van der Waals surface area contributed by atoms with Crippen molar-refractivity contribution in [2.24, 2.45) is 4.99 Å². The van der Waals surface area contributed by atoms with E-state index in [2.05, 4.69) is 18.8 Å². The van der Waals surface area contributed by atoms with E-state index in [9.17, 15) is 10.1 Å². The van der Waals surface area contributed by atoms with E-state index >= 15 is 0 Å². The molecule has 23 heavy (non-hydrogen) atoms. The predicted molar refractivity (Wildman–Crippen MR) is 93.1 cm³/mol. The molecule has 0 unspecified atom stereocenters. The lowest BCUT2D eigenvalue weighted by molar-refractivity contribution is -0.384. The number of anilines is 1. The van der Waals surface area contributed by atoms with Crippen LogP contribution in [0.4, 0.5) is 17.1 Å². The fraction of sp³-hybridized carbons (Fsp3) is 0.167. The van der Waals surface area contributed by atoms with Crippen LogP contribution < -0.4 is 5.73 Å². The average molecular weight is 307 g/mol. The van der Waals surface area contributed by atoms with Crippen molar-refractivity contribution in [2.45, 2.75) is 19.3 Å². The number of hydrogen-bond acceptors (Lipinski definition) is 4. The molecule has 2 N–H and O–H groups in total. The lowest BCUT2D eigenvalue weighted by Crippen LogP contribution is -2.23. The van der Waals surface area contributed by atoms with Gasteiger partial charge in [-0.15, -0.1) is 0 Å². The SMILES string of the molecule is CC1(C)C(C=Cc2ccc([N+](=O)[O-])cc2)=Nc2ccc(N)cc21. The van der Waals surface area contributed by atoms with Gasteiger partial charge in [0.2, 0.25) is 0 Å². The summed E-state index contributed by atoms with van der Waals surface area (Å²) < 4.78 is 0. The van der Waals surface area contributed by atoms with Gasteiger partial charge in [0.05, 0.1) is 16.3 Å². The second-order valence-electron chi connectivity index (χ2n) is 6.08. The number of nitrogens with two attached hydrogens (primary N) is 1. The number of aliphatic imine (C=N–C) groups is 1. The Morgan fingerprint density at radius 3 is 2.48 bits per heavy atom. The first kappa shape index (κ1) is 15.0. The van der Waals surface area contributed by atoms with Crippen molar-refractivity contribution >= 4 is 28.8 Å². The zero-order valence-corrected chi connectivity index (χ0v) is 13.0. The quantitative estimate of drug-likeness (QED) is 0.522. The number of non-ortho nitro benzene ring substituents is 1. The summed E-state index contributed by atoms with van der Waals surface area (Å²) in [4.78, 5) is 14.9. The van der Waals surface area contributed by atoms with Crippen LogP contribution in [0.3, 0.4) is 0 Å². The van der Waals surface area contributed by atoms with E-state index in [1.165, 1.54) is 12.1 Å². The third kappa shape index (κ3) is 2.73. The Hall–Kier alpha value is -2.95. The zero-order chi connectivity index (χ0) is 16.6. The Bertz CT molecular complexity index is 834. The molecule has 0 saturated heterocycles. The summed E-state index contributed by atoms with van der Waals surface area (Å²) in [6.07, 6.45) is 3.87. The van der Waals surface area contributed by atoms with Crippen LogP contribution in [-0.2, 0) is 5.41 Å². The highest BCUT2D eigenvalue weighted by Gasteiger charge is 2.33. The van der Waals surface area contributed by atoms with E-state index in [1.807, 2.05) is 30.4 Å². The third-order valence-electron chi connectivity index (χ3n) is 4.11. The van der Waals surface area contributed by atoms with Crippen LogP contribution in [-0.4, -0.2) is 10.6 Å².